The van der Waals surface area contributed by atoms with Gasteiger partial charge in [-0.25, -0.2) is 4.79 Å². The van der Waals surface area contributed by atoms with Crippen molar-refractivity contribution in [2.75, 3.05) is 32.8 Å². The number of hydrogen-bond acceptors (Lipinski definition) is 4. The van der Waals surface area contributed by atoms with Crippen LogP contribution in [-0.2, 0) is 9.59 Å². The Morgan fingerprint density at radius 2 is 1.74 bits per heavy atom. The summed E-state index contributed by atoms with van der Waals surface area (Å²) in [5.74, 6) is -1.44. The Balaban J connectivity index is 2.21. The number of carbonyl (C=O) groups excluding carboxylic acids is 2. The van der Waals surface area contributed by atoms with Crippen LogP contribution in [0.15, 0.2) is 0 Å². The first kappa shape index (κ1) is 15.2. The molecule has 0 aliphatic carbocycles. The molecule has 8 nitrogen and oxygen atoms in total. The number of aliphatic hydroxyl groups excluding tert-OH is 1. The maximum atomic E-state index is 11.7. The van der Waals surface area contributed by atoms with Crippen molar-refractivity contribution in [3.63, 3.8) is 0 Å². The van der Waals surface area contributed by atoms with Crippen LogP contribution in [-0.4, -0.2) is 65.8 Å². The van der Waals surface area contributed by atoms with Gasteiger partial charge in [0.2, 0.25) is 5.91 Å². The second-order valence-corrected chi connectivity index (χ2v) is 4.44. The summed E-state index contributed by atoms with van der Waals surface area (Å²) >= 11 is 0. The minimum Gasteiger partial charge on any atom is -0.480 e. The van der Waals surface area contributed by atoms with E-state index in [1.54, 1.807) is 4.90 Å². The van der Waals surface area contributed by atoms with E-state index in [4.69, 9.17) is 10.2 Å². The summed E-state index contributed by atoms with van der Waals surface area (Å²) in [5.41, 5.74) is 0. The third kappa shape index (κ3) is 5.56. The number of rotatable bonds is 5. The van der Waals surface area contributed by atoms with Gasteiger partial charge in [-0.3, -0.25) is 9.59 Å². The van der Waals surface area contributed by atoms with Crippen LogP contribution in [0.2, 0.25) is 0 Å². The molecule has 0 aromatic heterocycles. The average Bonchev–Trinajstić information content (AvgIpc) is 2.42. The molecule has 19 heavy (non-hydrogen) atoms. The van der Waals surface area contributed by atoms with Crippen molar-refractivity contribution in [1.82, 2.24) is 15.5 Å². The molecule has 0 spiro atoms. The Labute approximate surface area is 110 Å². The van der Waals surface area contributed by atoms with Crippen LogP contribution < -0.4 is 10.6 Å². The summed E-state index contributed by atoms with van der Waals surface area (Å²) < 4.78 is 0. The van der Waals surface area contributed by atoms with Crippen molar-refractivity contribution in [2.24, 2.45) is 5.92 Å². The van der Waals surface area contributed by atoms with Crippen molar-refractivity contribution in [2.45, 2.75) is 12.8 Å². The highest BCUT2D eigenvalue weighted by atomic mass is 16.4. The highest BCUT2D eigenvalue weighted by molar-refractivity contribution is 5.86. The number of hydrogen-bond donors (Lipinski definition) is 4. The van der Waals surface area contributed by atoms with Gasteiger partial charge in [0.05, 0.1) is 6.54 Å². The van der Waals surface area contributed by atoms with E-state index < -0.39 is 18.4 Å². The van der Waals surface area contributed by atoms with Crippen molar-refractivity contribution in [3.05, 3.63) is 0 Å². The largest absolute Gasteiger partial charge is 0.480 e. The summed E-state index contributed by atoms with van der Waals surface area (Å²) in [6.07, 6.45) is 1.49. The van der Waals surface area contributed by atoms with Crippen LogP contribution in [0.5, 0.6) is 0 Å². The lowest BCUT2D eigenvalue weighted by atomic mass is 9.98. The number of aliphatic carboxylic acids is 1. The number of amides is 3. The van der Waals surface area contributed by atoms with Gasteiger partial charge in [0.15, 0.2) is 0 Å². The van der Waals surface area contributed by atoms with Gasteiger partial charge in [0, 0.05) is 19.7 Å². The first-order valence-corrected chi connectivity index (χ1v) is 6.15. The summed E-state index contributed by atoms with van der Waals surface area (Å²) in [4.78, 5) is 34.7. The molecule has 0 bridgehead atoms. The van der Waals surface area contributed by atoms with Gasteiger partial charge in [0.25, 0.3) is 0 Å². The van der Waals surface area contributed by atoms with Gasteiger partial charge in [0.1, 0.15) is 6.54 Å². The number of carbonyl (C=O) groups is 3. The molecule has 1 saturated heterocycles. The Hall–Kier alpha value is -1.83. The molecule has 0 saturated carbocycles. The molecule has 8 heteroatoms. The third-order valence-electron chi connectivity index (χ3n) is 3.00. The van der Waals surface area contributed by atoms with Crippen LogP contribution in [0.1, 0.15) is 12.8 Å². The van der Waals surface area contributed by atoms with Gasteiger partial charge < -0.3 is 25.7 Å². The van der Waals surface area contributed by atoms with Gasteiger partial charge in [-0.2, -0.15) is 0 Å². The fraction of sp³-hybridized carbons (Fsp3) is 0.727. The zero-order valence-corrected chi connectivity index (χ0v) is 10.6. The van der Waals surface area contributed by atoms with E-state index in [0.717, 1.165) is 12.8 Å². The molecule has 1 rings (SSSR count). The van der Waals surface area contributed by atoms with E-state index in [0.29, 0.717) is 13.1 Å². The van der Waals surface area contributed by atoms with Crippen molar-refractivity contribution in [3.8, 4) is 0 Å². The molecule has 0 unspecified atom stereocenters. The SMILES string of the molecule is O=C(O)CNC(=O)CNC(=O)N1CCC(CO)CC1. The molecule has 0 atom stereocenters. The number of urea groups is 1. The number of carboxylic acids is 1. The topological polar surface area (TPSA) is 119 Å². The third-order valence-corrected chi connectivity index (χ3v) is 3.00. The van der Waals surface area contributed by atoms with E-state index in [9.17, 15) is 14.4 Å². The predicted molar refractivity (Wildman–Crippen MR) is 65.4 cm³/mol. The molecular weight excluding hydrogens is 254 g/mol. The Morgan fingerprint density at radius 3 is 2.26 bits per heavy atom. The Morgan fingerprint density at radius 1 is 1.11 bits per heavy atom. The minimum absolute atomic E-state index is 0.132. The van der Waals surface area contributed by atoms with Crippen LogP contribution in [0.3, 0.4) is 0 Å². The first-order chi connectivity index (χ1) is 9.02. The zero-order valence-electron chi connectivity index (χ0n) is 10.6. The van der Waals surface area contributed by atoms with E-state index >= 15 is 0 Å². The van der Waals surface area contributed by atoms with E-state index in [1.807, 2.05) is 0 Å². The van der Waals surface area contributed by atoms with Crippen molar-refractivity contribution in [1.29, 1.82) is 0 Å². The quantitative estimate of drug-likeness (QED) is 0.491. The summed E-state index contributed by atoms with van der Waals surface area (Å²) in [7, 11) is 0. The maximum absolute atomic E-state index is 11.7. The second-order valence-electron chi connectivity index (χ2n) is 4.44. The van der Waals surface area contributed by atoms with Crippen LogP contribution in [0.25, 0.3) is 0 Å². The predicted octanol–water partition coefficient (Wildman–Crippen LogP) is -1.40. The fourth-order valence-electron chi connectivity index (χ4n) is 1.82. The molecule has 1 aliphatic rings. The van der Waals surface area contributed by atoms with E-state index in [1.165, 1.54) is 0 Å². The summed E-state index contributed by atoms with van der Waals surface area (Å²) in [5, 5.41) is 21.9. The molecule has 1 fully saturated rings. The zero-order chi connectivity index (χ0) is 14.3. The van der Waals surface area contributed by atoms with Crippen LogP contribution >= 0.6 is 0 Å². The first-order valence-electron chi connectivity index (χ1n) is 6.15. The van der Waals surface area contributed by atoms with Crippen LogP contribution in [0.4, 0.5) is 4.79 Å². The highest BCUT2D eigenvalue weighted by Gasteiger charge is 2.22. The summed E-state index contributed by atoms with van der Waals surface area (Å²) in [6, 6.07) is -0.345. The second kappa shape index (κ2) is 7.57. The number of carboxylic acid groups (broad SMARTS) is 1. The molecule has 3 amide bonds. The molecule has 0 radical (unpaired) electrons. The van der Waals surface area contributed by atoms with E-state index in [-0.39, 0.29) is 25.1 Å². The average molecular weight is 273 g/mol. The number of nitrogens with zero attached hydrogens (tertiary/aromatic N) is 1. The molecule has 0 aromatic rings. The van der Waals surface area contributed by atoms with Crippen molar-refractivity contribution < 1.29 is 24.6 Å². The lowest BCUT2D eigenvalue weighted by Gasteiger charge is -2.31. The Bertz CT molecular complexity index is 339. The molecule has 4 N–H and O–H groups in total. The number of piperidine rings is 1. The Kier molecular flexibility index (Phi) is 6.07. The number of aliphatic hydroxyl groups is 1. The van der Waals surface area contributed by atoms with Gasteiger partial charge in [-0.05, 0) is 18.8 Å². The molecule has 1 heterocycles. The molecule has 108 valence electrons. The van der Waals surface area contributed by atoms with Gasteiger partial charge in [-0.1, -0.05) is 0 Å². The fourth-order valence-corrected chi connectivity index (χ4v) is 1.82. The van der Waals surface area contributed by atoms with Gasteiger partial charge >= 0.3 is 12.0 Å². The van der Waals surface area contributed by atoms with E-state index in [2.05, 4.69) is 10.6 Å². The smallest absolute Gasteiger partial charge is 0.322 e. The normalized spacial score (nSPS) is 15.9. The maximum Gasteiger partial charge on any atom is 0.322 e. The number of likely N-dealkylation sites (tertiary alicyclic amines) is 1. The lowest BCUT2D eigenvalue weighted by Crippen LogP contribution is -2.47. The molecule has 1 aliphatic heterocycles. The lowest BCUT2D eigenvalue weighted by molar-refractivity contribution is -0.137. The van der Waals surface area contributed by atoms with Gasteiger partial charge in [-0.15, -0.1) is 0 Å². The monoisotopic (exact) mass is 273 g/mol. The standard InChI is InChI=1S/C11H19N3O5/c15-7-8-1-3-14(4-2-8)11(19)13-5-9(16)12-6-10(17)18/h8,15H,1-7H2,(H,12,16)(H,13,19)(H,17,18). The minimum atomic E-state index is -1.13. The highest BCUT2D eigenvalue weighted by Crippen LogP contribution is 2.15. The number of nitrogens with one attached hydrogen (secondary N) is 2. The summed E-state index contributed by atoms with van der Waals surface area (Å²) in [6.45, 7) is 0.525. The molecule has 0 aromatic carbocycles. The van der Waals surface area contributed by atoms with Crippen LogP contribution in [0, 0.1) is 5.92 Å². The van der Waals surface area contributed by atoms with Crippen molar-refractivity contribution >= 4 is 17.9 Å². The molecular formula is C11H19N3O5.